The maximum Gasteiger partial charge on any atom is 0.327 e. The number of hydrazine groups is 1. The molecular weight excluding hydrogens is 344 g/mol. The third-order valence-electron chi connectivity index (χ3n) is 3.62. The van der Waals surface area contributed by atoms with Crippen molar-refractivity contribution in [1.29, 1.82) is 0 Å². The quantitative estimate of drug-likeness (QED) is 0.371. The lowest BCUT2D eigenvalue weighted by Crippen LogP contribution is -2.49. The van der Waals surface area contributed by atoms with Crippen molar-refractivity contribution in [3.63, 3.8) is 0 Å². The second kappa shape index (κ2) is 7.72. The molecule has 1 heterocycles. The SMILES string of the molecule is C/C(=N/OCC(=O)NNC(=O)C(=O)NC1CC1)c1ccc2c(c1)OCO2. The van der Waals surface area contributed by atoms with E-state index in [1.54, 1.807) is 25.1 Å². The van der Waals surface area contributed by atoms with Crippen molar-refractivity contribution < 1.29 is 28.7 Å². The van der Waals surface area contributed by atoms with Crippen molar-refractivity contribution >= 4 is 23.4 Å². The van der Waals surface area contributed by atoms with Crippen molar-refractivity contribution in [2.24, 2.45) is 5.16 Å². The van der Waals surface area contributed by atoms with Crippen LogP contribution in [0.3, 0.4) is 0 Å². The van der Waals surface area contributed by atoms with E-state index in [2.05, 4.69) is 15.9 Å². The van der Waals surface area contributed by atoms with Crippen LogP contribution in [0.25, 0.3) is 0 Å². The van der Waals surface area contributed by atoms with Crippen LogP contribution in [0.5, 0.6) is 11.5 Å². The maximum atomic E-state index is 11.6. The van der Waals surface area contributed by atoms with E-state index in [9.17, 15) is 14.4 Å². The highest BCUT2D eigenvalue weighted by atomic mass is 16.7. The molecule has 1 aliphatic heterocycles. The zero-order chi connectivity index (χ0) is 18.5. The monoisotopic (exact) mass is 362 g/mol. The van der Waals surface area contributed by atoms with Gasteiger partial charge in [0.25, 0.3) is 5.91 Å². The lowest BCUT2D eigenvalue weighted by Gasteiger charge is -2.07. The Morgan fingerprint density at radius 3 is 2.69 bits per heavy atom. The molecule has 3 amide bonds. The van der Waals surface area contributed by atoms with Gasteiger partial charge in [0, 0.05) is 11.6 Å². The Morgan fingerprint density at radius 2 is 1.92 bits per heavy atom. The molecular formula is C16H18N4O6. The van der Waals surface area contributed by atoms with E-state index in [0.29, 0.717) is 17.2 Å². The topological polar surface area (TPSA) is 127 Å². The molecule has 138 valence electrons. The Balaban J connectivity index is 1.40. The van der Waals surface area contributed by atoms with Crippen molar-refractivity contribution in [2.75, 3.05) is 13.4 Å². The molecule has 1 fully saturated rings. The van der Waals surface area contributed by atoms with Gasteiger partial charge in [0.2, 0.25) is 6.79 Å². The van der Waals surface area contributed by atoms with Crippen LogP contribution in [0.2, 0.25) is 0 Å². The molecule has 0 unspecified atom stereocenters. The normalized spacial score (nSPS) is 15.2. The predicted molar refractivity (Wildman–Crippen MR) is 88.2 cm³/mol. The van der Waals surface area contributed by atoms with Crippen molar-refractivity contribution in [3.05, 3.63) is 23.8 Å². The van der Waals surface area contributed by atoms with E-state index in [1.807, 2.05) is 5.43 Å². The summed E-state index contributed by atoms with van der Waals surface area (Å²) in [7, 11) is 0. The van der Waals surface area contributed by atoms with Crippen molar-refractivity contribution in [3.8, 4) is 11.5 Å². The Labute approximate surface area is 148 Å². The van der Waals surface area contributed by atoms with Gasteiger partial charge in [0.15, 0.2) is 18.1 Å². The second-order valence-corrected chi connectivity index (χ2v) is 5.77. The van der Waals surface area contributed by atoms with Gasteiger partial charge in [-0.05, 0) is 38.0 Å². The number of oxime groups is 1. The number of rotatable bonds is 5. The fourth-order valence-corrected chi connectivity index (χ4v) is 2.06. The Bertz CT molecular complexity index is 759. The first-order chi connectivity index (χ1) is 12.5. The molecule has 0 spiro atoms. The summed E-state index contributed by atoms with van der Waals surface area (Å²) in [5, 5.41) is 6.33. The zero-order valence-electron chi connectivity index (χ0n) is 14.0. The Morgan fingerprint density at radius 1 is 1.15 bits per heavy atom. The van der Waals surface area contributed by atoms with Crippen LogP contribution in [0.1, 0.15) is 25.3 Å². The van der Waals surface area contributed by atoms with E-state index >= 15 is 0 Å². The van der Waals surface area contributed by atoms with Gasteiger partial charge >= 0.3 is 11.8 Å². The molecule has 0 bridgehead atoms. The van der Waals surface area contributed by atoms with Gasteiger partial charge in [0.1, 0.15) is 0 Å². The first-order valence-corrected chi connectivity index (χ1v) is 7.99. The maximum absolute atomic E-state index is 11.6. The molecule has 0 atom stereocenters. The molecule has 3 rings (SSSR count). The molecule has 2 aliphatic rings. The summed E-state index contributed by atoms with van der Waals surface area (Å²) in [5.74, 6) is -1.11. The number of ether oxygens (including phenoxy) is 2. The van der Waals surface area contributed by atoms with Crippen LogP contribution >= 0.6 is 0 Å². The summed E-state index contributed by atoms with van der Waals surface area (Å²) >= 11 is 0. The van der Waals surface area contributed by atoms with Crippen LogP contribution < -0.4 is 25.6 Å². The zero-order valence-corrected chi connectivity index (χ0v) is 14.0. The van der Waals surface area contributed by atoms with E-state index in [0.717, 1.165) is 18.4 Å². The van der Waals surface area contributed by atoms with Gasteiger partial charge in [-0.2, -0.15) is 0 Å². The van der Waals surface area contributed by atoms with Crippen LogP contribution in [0, 0.1) is 0 Å². The molecule has 1 aromatic rings. The molecule has 0 aromatic heterocycles. The summed E-state index contributed by atoms with van der Waals surface area (Å²) in [6.07, 6.45) is 1.72. The molecule has 1 aliphatic carbocycles. The van der Waals surface area contributed by atoms with E-state index < -0.39 is 24.3 Å². The summed E-state index contributed by atoms with van der Waals surface area (Å²) < 4.78 is 10.5. The number of hydrogen-bond donors (Lipinski definition) is 3. The summed E-state index contributed by atoms with van der Waals surface area (Å²) in [6, 6.07) is 5.35. The number of fused-ring (bicyclic) bond motifs is 1. The number of carbonyl (C=O) groups is 3. The smallest absolute Gasteiger partial charge is 0.327 e. The number of amides is 3. The van der Waals surface area contributed by atoms with E-state index in [4.69, 9.17) is 14.3 Å². The summed E-state index contributed by atoms with van der Waals surface area (Å²) in [6.45, 7) is 1.46. The minimum absolute atomic E-state index is 0.0563. The highest BCUT2D eigenvalue weighted by Crippen LogP contribution is 2.32. The first-order valence-electron chi connectivity index (χ1n) is 7.99. The van der Waals surface area contributed by atoms with Crippen LogP contribution in [0.4, 0.5) is 0 Å². The third-order valence-corrected chi connectivity index (χ3v) is 3.62. The molecule has 10 heteroatoms. The average molecular weight is 362 g/mol. The fraction of sp³-hybridized carbons (Fsp3) is 0.375. The predicted octanol–water partition coefficient (Wildman–Crippen LogP) is -0.418. The number of benzene rings is 1. The lowest BCUT2D eigenvalue weighted by atomic mass is 10.1. The second-order valence-electron chi connectivity index (χ2n) is 5.77. The molecule has 0 radical (unpaired) electrons. The Hall–Kier alpha value is -3.30. The van der Waals surface area contributed by atoms with Crippen LogP contribution in [0.15, 0.2) is 23.4 Å². The minimum atomic E-state index is -0.940. The molecule has 3 N–H and O–H groups in total. The van der Waals surface area contributed by atoms with Crippen molar-refractivity contribution in [1.82, 2.24) is 16.2 Å². The third kappa shape index (κ3) is 4.62. The fourth-order valence-electron chi connectivity index (χ4n) is 2.06. The molecule has 0 saturated heterocycles. The van der Waals surface area contributed by atoms with Gasteiger partial charge in [-0.3, -0.25) is 25.2 Å². The Kier molecular flexibility index (Phi) is 5.20. The first kappa shape index (κ1) is 17.5. The van der Waals surface area contributed by atoms with Gasteiger partial charge in [-0.15, -0.1) is 0 Å². The van der Waals surface area contributed by atoms with Crippen LogP contribution in [-0.2, 0) is 19.2 Å². The van der Waals surface area contributed by atoms with Gasteiger partial charge < -0.3 is 19.6 Å². The van der Waals surface area contributed by atoms with Gasteiger partial charge in [-0.25, -0.2) is 0 Å². The summed E-state index contributed by atoms with van der Waals surface area (Å²) in [4.78, 5) is 39.4. The molecule has 1 aromatic carbocycles. The highest BCUT2D eigenvalue weighted by molar-refractivity contribution is 6.35. The number of hydrogen-bond acceptors (Lipinski definition) is 7. The molecule has 26 heavy (non-hydrogen) atoms. The lowest BCUT2D eigenvalue weighted by molar-refractivity contribution is -0.141. The standard InChI is InChI=1S/C16H18N4O6/c1-9(10-2-5-12-13(6-10)25-8-24-12)20-26-7-14(21)18-19-16(23)15(22)17-11-3-4-11/h2,5-6,11H,3-4,7-8H2,1H3,(H,17,22)(H,18,21)(H,19,23)/b20-9-. The number of carbonyl (C=O) groups excluding carboxylic acids is 3. The number of nitrogens with zero attached hydrogens (tertiary/aromatic N) is 1. The van der Waals surface area contributed by atoms with E-state index in [1.165, 1.54) is 0 Å². The van der Waals surface area contributed by atoms with E-state index in [-0.39, 0.29) is 12.8 Å². The minimum Gasteiger partial charge on any atom is -0.454 e. The number of nitrogens with one attached hydrogen (secondary N) is 3. The summed E-state index contributed by atoms with van der Waals surface area (Å²) in [5.41, 5.74) is 5.36. The highest BCUT2D eigenvalue weighted by Gasteiger charge is 2.26. The average Bonchev–Trinajstić information content (AvgIpc) is 3.32. The van der Waals surface area contributed by atoms with Crippen molar-refractivity contribution in [2.45, 2.75) is 25.8 Å². The van der Waals surface area contributed by atoms with Gasteiger partial charge in [0.05, 0.1) is 5.71 Å². The van der Waals surface area contributed by atoms with Gasteiger partial charge in [-0.1, -0.05) is 5.16 Å². The largest absolute Gasteiger partial charge is 0.454 e. The van der Waals surface area contributed by atoms with Crippen LogP contribution in [-0.4, -0.2) is 42.9 Å². The molecule has 1 saturated carbocycles. The molecule has 10 nitrogen and oxygen atoms in total.